The molecule has 0 radical (unpaired) electrons. The summed E-state index contributed by atoms with van der Waals surface area (Å²) in [5.74, 6) is -0.882. The maximum absolute atomic E-state index is 11.8. The molecule has 182 valence electrons. The Morgan fingerprint density at radius 2 is 1.29 bits per heavy atom. The third kappa shape index (κ3) is 23.1. The van der Waals surface area contributed by atoms with Crippen molar-refractivity contribution < 1.29 is 14.7 Å². The molecule has 0 unspecified atom stereocenters. The van der Waals surface area contributed by atoms with Gasteiger partial charge in [-0.1, -0.05) is 89.7 Å². The number of nitrogens with two attached hydrogens (primary N) is 1. The fraction of sp³-hybridized carbons (Fsp3) is 0.846. The van der Waals surface area contributed by atoms with Crippen molar-refractivity contribution in [1.29, 1.82) is 0 Å². The Morgan fingerprint density at radius 1 is 0.774 bits per heavy atom. The van der Waals surface area contributed by atoms with Crippen molar-refractivity contribution in [3.05, 3.63) is 12.2 Å². The van der Waals surface area contributed by atoms with Gasteiger partial charge in [0.1, 0.15) is 6.04 Å². The van der Waals surface area contributed by atoms with Crippen LogP contribution in [0.1, 0.15) is 129 Å². The van der Waals surface area contributed by atoms with Gasteiger partial charge >= 0.3 is 5.97 Å². The van der Waals surface area contributed by atoms with E-state index in [9.17, 15) is 9.59 Å². The van der Waals surface area contributed by atoms with E-state index in [-0.39, 0.29) is 5.91 Å². The first-order valence-corrected chi connectivity index (χ1v) is 13.0. The highest BCUT2D eigenvalue weighted by atomic mass is 16.4. The monoisotopic (exact) mass is 438 g/mol. The number of unbranched alkanes of at least 4 members (excludes halogenated alkanes) is 14. The fourth-order valence-corrected chi connectivity index (χ4v) is 3.65. The standard InChI is InChI=1S/C26H50N2O3/c1-2-3-4-5-6-7-8-9-10-11-12-13-14-15-16-17-18-22-25(29)28-23-20-19-21-24(27)26(30)31/h15-16,24H,2-14,17-23,27H2,1H3,(H,28,29)(H,30,31)/b16-15+/t24-/m0/s1. The number of carboxylic acids is 1. The van der Waals surface area contributed by atoms with E-state index in [1.54, 1.807) is 0 Å². The number of allylic oxidation sites excluding steroid dienone is 2. The minimum absolute atomic E-state index is 0.0805. The quantitative estimate of drug-likeness (QED) is 0.125. The van der Waals surface area contributed by atoms with Gasteiger partial charge in [0.25, 0.3) is 0 Å². The molecular formula is C26H50N2O3. The third-order valence-electron chi connectivity index (χ3n) is 5.75. The lowest BCUT2D eigenvalue weighted by molar-refractivity contribution is -0.138. The molecular weight excluding hydrogens is 388 g/mol. The third-order valence-corrected chi connectivity index (χ3v) is 5.75. The summed E-state index contributed by atoms with van der Waals surface area (Å²) < 4.78 is 0. The first kappa shape index (κ1) is 29.6. The predicted molar refractivity (Wildman–Crippen MR) is 131 cm³/mol. The number of hydrogen-bond acceptors (Lipinski definition) is 3. The van der Waals surface area contributed by atoms with E-state index in [1.165, 1.54) is 77.0 Å². The molecule has 0 aromatic heterocycles. The van der Waals surface area contributed by atoms with E-state index in [4.69, 9.17) is 10.8 Å². The van der Waals surface area contributed by atoms with Gasteiger partial charge in [-0.05, 0) is 44.9 Å². The first-order chi connectivity index (χ1) is 15.1. The number of amides is 1. The number of carboxylic acid groups (broad SMARTS) is 1. The van der Waals surface area contributed by atoms with E-state index >= 15 is 0 Å². The zero-order chi connectivity index (χ0) is 23.0. The molecule has 0 aromatic carbocycles. The van der Waals surface area contributed by atoms with Gasteiger partial charge in [-0.2, -0.15) is 0 Å². The molecule has 31 heavy (non-hydrogen) atoms. The molecule has 0 aliphatic heterocycles. The molecule has 5 nitrogen and oxygen atoms in total. The molecule has 0 rings (SSSR count). The van der Waals surface area contributed by atoms with Gasteiger partial charge in [-0.3, -0.25) is 9.59 Å². The summed E-state index contributed by atoms with van der Waals surface area (Å²) in [6.45, 7) is 2.87. The Morgan fingerprint density at radius 3 is 1.84 bits per heavy atom. The average Bonchev–Trinajstić information content (AvgIpc) is 2.75. The zero-order valence-corrected chi connectivity index (χ0v) is 20.2. The van der Waals surface area contributed by atoms with Gasteiger partial charge < -0.3 is 16.2 Å². The molecule has 0 spiro atoms. The predicted octanol–water partition coefficient (Wildman–Crippen LogP) is 6.50. The van der Waals surface area contributed by atoms with Crippen LogP contribution in [-0.2, 0) is 9.59 Å². The number of hydrogen-bond donors (Lipinski definition) is 3. The lowest BCUT2D eigenvalue weighted by atomic mass is 10.0. The number of carbonyl (C=O) groups is 2. The Hall–Kier alpha value is -1.36. The lowest BCUT2D eigenvalue weighted by Gasteiger charge is -2.07. The normalized spacial score (nSPS) is 12.3. The number of carbonyl (C=O) groups excluding carboxylic acids is 1. The van der Waals surface area contributed by atoms with Crippen LogP contribution in [0.15, 0.2) is 12.2 Å². The summed E-state index contributed by atoms with van der Waals surface area (Å²) in [6.07, 6.45) is 26.6. The smallest absolute Gasteiger partial charge is 0.320 e. The molecule has 5 heteroatoms. The van der Waals surface area contributed by atoms with E-state index in [1.807, 2.05) is 0 Å². The summed E-state index contributed by atoms with van der Waals surface area (Å²) in [7, 11) is 0. The van der Waals surface area contributed by atoms with E-state index in [0.717, 1.165) is 32.1 Å². The average molecular weight is 439 g/mol. The van der Waals surface area contributed by atoms with Crippen molar-refractivity contribution in [2.45, 2.75) is 135 Å². The highest BCUT2D eigenvalue weighted by molar-refractivity contribution is 5.75. The highest BCUT2D eigenvalue weighted by Gasteiger charge is 2.10. The highest BCUT2D eigenvalue weighted by Crippen LogP contribution is 2.12. The molecule has 0 heterocycles. The van der Waals surface area contributed by atoms with Crippen LogP contribution in [0.5, 0.6) is 0 Å². The Kier molecular flexibility index (Phi) is 22.3. The second-order valence-corrected chi connectivity index (χ2v) is 8.83. The summed E-state index contributed by atoms with van der Waals surface area (Å²) in [6, 6.07) is -0.794. The Labute approximate surface area is 191 Å². The van der Waals surface area contributed by atoms with Gasteiger partial charge in [-0.15, -0.1) is 0 Å². The molecule has 0 aromatic rings. The molecule has 0 aliphatic carbocycles. The summed E-state index contributed by atoms with van der Waals surface area (Å²) >= 11 is 0. The van der Waals surface area contributed by atoms with Crippen molar-refractivity contribution in [2.24, 2.45) is 5.73 Å². The van der Waals surface area contributed by atoms with Crippen LogP contribution in [0.3, 0.4) is 0 Å². The lowest BCUT2D eigenvalue weighted by Crippen LogP contribution is -2.30. The fourth-order valence-electron chi connectivity index (χ4n) is 3.65. The molecule has 1 atom stereocenters. The molecule has 4 N–H and O–H groups in total. The first-order valence-electron chi connectivity index (χ1n) is 13.0. The Bertz CT molecular complexity index is 452. The molecule has 0 saturated heterocycles. The van der Waals surface area contributed by atoms with E-state index in [0.29, 0.717) is 19.4 Å². The minimum atomic E-state index is -0.962. The topological polar surface area (TPSA) is 92.4 Å². The maximum atomic E-state index is 11.8. The summed E-state index contributed by atoms with van der Waals surface area (Å²) in [5, 5.41) is 11.6. The van der Waals surface area contributed by atoms with Crippen LogP contribution >= 0.6 is 0 Å². The SMILES string of the molecule is CCCCCCCCCCCCCC/C=C/CCCC(=O)NCCCC[C@H](N)C(=O)O. The molecule has 1 amide bonds. The second-order valence-electron chi connectivity index (χ2n) is 8.83. The molecule has 0 bridgehead atoms. The largest absolute Gasteiger partial charge is 0.480 e. The Balaban J connectivity index is 3.28. The van der Waals surface area contributed by atoms with Gasteiger partial charge in [0.05, 0.1) is 0 Å². The van der Waals surface area contributed by atoms with Crippen LogP contribution in [0.25, 0.3) is 0 Å². The number of nitrogens with one attached hydrogen (secondary N) is 1. The van der Waals surface area contributed by atoms with Crippen molar-refractivity contribution in [1.82, 2.24) is 5.32 Å². The van der Waals surface area contributed by atoms with Gasteiger partial charge in [-0.25, -0.2) is 0 Å². The van der Waals surface area contributed by atoms with Crippen molar-refractivity contribution in [2.75, 3.05) is 6.54 Å². The van der Waals surface area contributed by atoms with Gasteiger partial charge in [0.2, 0.25) is 5.91 Å². The second kappa shape index (κ2) is 23.3. The summed E-state index contributed by atoms with van der Waals surface area (Å²) in [4.78, 5) is 22.4. The van der Waals surface area contributed by atoms with Gasteiger partial charge in [0, 0.05) is 13.0 Å². The van der Waals surface area contributed by atoms with Crippen LogP contribution < -0.4 is 11.1 Å². The van der Waals surface area contributed by atoms with Crippen LogP contribution in [0, 0.1) is 0 Å². The van der Waals surface area contributed by atoms with Gasteiger partial charge in [0.15, 0.2) is 0 Å². The summed E-state index contributed by atoms with van der Waals surface area (Å²) in [5.41, 5.74) is 5.44. The van der Waals surface area contributed by atoms with E-state index in [2.05, 4.69) is 24.4 Å². The van der Waals surface area contributed by atoms with Crippen molar-refractivity contribution in [3.63, 3.8) is 0 Å². The van der Waals surface area contributed by atoms with E-state index < -0.39 is 12.0 Å². The number of aliphatic carboxylic acids is 1. The number of rotatable bonds is 23. The molecule has 0 fully saturated rings. The zero-order valence-electron chi connectivity index (χ0n) is 20.2. The molecule has 0 aliphatic rings. The van der Waals surface area contributed by atoms with Crippen molar-refractivity contribution in [3.8, 4) is 0 Å². The van der Waals surface area contributed by atoms with Crippen molar-refractivity contribution >= 4 is 11.9 Å². The minimum Gasteiger partial charge on any atom is -0.480 e. The van der Waals surface area contributed by atoms with Crippen LogP contribution in [-0.4, -0.2) is 29.6 Å². The maximum Gasteiger partial charge on any atom is 0.320 e. The molecule has 0 saturated carbocycles. The van der Waals surface area contributed by atoms with Crippen LogP contribution in [0.2, 0.25) is 0 Å². The van der Waals surface area contributed by atoms with Crippen LogP contribution in [0.4, 0.5) is 0 Å².